The number of carbonyl (C=O) groups is 2. The molecule has 0 aliphatic rings. The van der Waals surface area contributed by atoms with Gasteiger partial charge in [0.05, 0.1) is 11.0 Å². The van der Waals surface area contributed by atoms with Crippen LogP contribution in [0.1, 0.15) is 24.2 Å². The first-order chi connectivity index (χ1) is 15.6. The van der Waals surface area contributed by atoms with Gasteiger partial charge in [-0.3, -0.25) is 9.59 Å². The number of anilines is 1. The molecule has 3 N–H and O–H groups in total. The summed E-state index contributed by atoms with van der Waals surface area (Å²) in [5, 5.41) is 11.8. The molecule has 3 aromatic rings. The number of aliphatic hydroxyl groups is 1. The van der Waals surface area contributed by atoms with Gasteiger partial charge in [-0.1, -0.05) is 11.6 Å². The van der Waals surface area contributed by atoms with Gasteiger partial charge in [-0.05, 0) is 48.4 Å². The quantitative estimate of drug-likeness (QED) is 0.333. The van der Waals surface area contributed by atoms with Crippen LogP contribution in [0.3, 0.4) is 0 Å². The van der Waals surface area contributed by atoms with Gasteiger partial charge in [0.2, 0.25) is 17.6 Å². The van der Waals surface area contributed by atoms with Crippen molar-refractivity contribution in [1.29, 1.82) is 0 Å². The van der Waals surface area contributed by atoms with E-state index in [4.69, 9.17) is 16.7 Å². The number of aromatic nitrogens is 2. The van der Waals surface area contributed by atoms with Crippen LogP contribution in [0.15, 0.2) is 36.4 Å². The number of nitrogens with zero attached hydrogens (tertiary/aromatic N) is 2. The molecule has 0 aliphatic carbocycles. The fourth-order valence-electron chi connectivity index (χ4n) is 3.14. The van der Waals surface area contributed by atoms with Crippen LogP contribution in [0.2, 0.25) is 5.02 Å². The second kappa shape index (κ2) is 10.2. The fraction of sp³-hybridized carbons (Fsp3) is 0.286. The Hall–Kier alpha value is -3.18. The Morgan fingerprint density at radius 3 is 2.61 bits per heavy atom. The standard InChI is InChI=1S/C21H19ClF4N4O3/c22-13-6-12(7-14(23)8-13)11-27-18(32)10-19(33)30(4-1-5-31)15-2-3-16-17(9-15)29-20(28-16)21(24,25)26/h2-3,6-9,31H,1,4-5,10-11H2,(H,27,32)(H,28,29). The smallest absolute Gasteiger partial charge is 0.396 e. The summed E-state index contributed by atoms with van der Waals surface area (Å²) in [6.45, 7) is -0.255. The van der Waals surface area contributed by atoms with Gasteiger partial charge in [-0.25, -0.2) is 9.37 Å². The molecule has 0 saturated heterocycles. The summed E-state index contributed by atoms with van der Waals surface area (Å²) in [5.74, 6) is -3.01. The number of H-pyrrole nitrogens is 1. The first-order valence-electron chi connectivity index (χ1n) is 9.76. The van der Waals surface area contributed by atoms with E-state index >= 15 is 0 Å². The Morgan fingerprint density at radius 1 is 1.18 bits per heavy atom. The van der Waals surface area contributed by atoms with E-state index in [0.29, 0.717) is 5.56 Å². The van der Waals surface area contributed by atoms with E-state index in [0.717, 1.165) is 6.07 Å². The molecule has 33 heavy (non-hydrogen) atoms. The van der Waals surface area contributed by atoms with Crippen LogP contribution in [0.4, 0.5) is 23.2 Å². The molecule has 12 heteroatoms. The van der Waals surface area contributed by atoms with Crippen molar-refractivity contribution in [3.05, 3.63) is 58.6 Å². The van der Waals surface area contributed by atoms with Crippen molar-refractivity contribution in [1.82, 2.24) is 15.3 Å². The third kappa shape index (κ3) is 6.42. The zero-order valence-corrected chi connectivity index (χ0v) is 17.8. The van der Waals surface area contributed by atoms with Crippen molar-refractivity contribution in [3.8, 4) is 0 Å². The predicted octanol–water partition coefficient (Wildman–Crippen LogP) is 3.80. The predicted molar refractivity (Wildman–Crippen MR) is 113 cm³/mol. The van der Waals surface area contributed by atoms with Crippen LogP contribution < -0.4 is 10.2 Å². The van der Waals surface area contributed by atoms with Gasteiger partial charge in [0.25, 0.3) is 0 Å². The topological polar surface area (TPSA) is 98.3 Å². The number of hydrogen-bond acceptors (Lipinski definition) is 4. The number of benzene rings is 2. The number of carbonyl (C=O) groups excluding carboxylic acids is 2. The first kappa shape index (κ1) is 24.5. The minimum absolute atomic E-state index is 0.0356. The maximum atomic E-state index is 13.4. The average Bonchev–Trinajstić information content (AvgIpc) is 3.16. The van der Waals surface area contributed by atoms with E-state index in [1.54, 1.807) is 0 Å². The largest absolute Gasteiger partial charge is 0.449 e. The molecule has 176 valence electrons. The molecule has 1 heterocycles. The van der Waals surface area contributed by atoms with Crippen molar-refractivity contribution in [2.45, 2.75) is 25.6 Å². The van der Waals surface area contributed by atoms with Gasteiger partial charge in [0.15, 0.2) is 0 Å². The number of halogens is 5. The summed E-state index contributed by atoms with van der Waals surface area (Å²) in [7, 11) is 0. The van der Waals surface area contributed by atoms with Crippen molar-refractivity contribution < 1.29 is 32.3 Å². The van der Waals surface area contributed by atoms with Crippen LogP contribution >= 0.6 is 11.6 Å². The van der Waals surface area contributed by atoms with E-state index in [2.05, 4.69) is 15.3 Å². The summed E-state index contributed by atoms with van der Waals surface area (Å²) in [6, 6.07) is 7.82. The molecule has 0 bridgehead atoms. The highest BCUT2D eigenvalue weighted by Crippen LogP contribution is 2.30. The third-order valence-electron chi connectivity index (χ3n) is 4.61. The van der Waals surface area contributed by atoms with E-state index in [1.807, 2.05) is 0 Å². The first-order valence-corrected chi connectivity index (χ1v) is 10.1. The molecule has 0 unspecified atom stereocenters. The number of fused-ring (bicyclic) bond motifs is 1. The molecule has 0 atom stereocenters. The van der Waals surface area contributed by atoms with Crippen molar-refractivity contribution in [2.24, 2.45) is 0 Å². The number of hydrogen-bond donors (Lipinski definition) is 3. The molecule has 0 radical (unpaired) electrons. The highest BCUT2D eigenvalue weighted by Gasteiger charge is 2.34. The highest BCUT2D eigenvalue weighted by molar-refractivity contribution is 6.30. The van der Waals surface area contributed by atoms with Crippen LogP contribution in [0.5, 0.6) is 0 Å². The summed E-state index contributed by atoms with van der Waals surface area (Å²) in [4.78, 5) is 31.9. The number of nitrogens with one attached hydrogen (secondary N) is 2. The zero-order valence-electron chi connectivity index (χ0n) is 17.0. The Balaban J connectivity index is 1.73. The lowest BCUT2D eigenvalue weighted by atomic mass is 10.2. The normalized spacial score (nSPS) is 11.6. The second-order valence-electron chi connectivity index (χ2n) is 7.14. The summed E-state index contributed by atoms with van der Waals surface area (Å²) in [5.41, 5.74) is 0.771. The molecule has 7 nitrogen and oxygen atoms in total. The van der Waals surface area contributed by atoms with Crippen LogP contribution in [0.25, 0.3) is 11.0 Å². The molecule has 0 spiro atoms. The SMILES string of the molecule is O=C(CC(=O)N(CCCO)c1ccc2nc(C(F)(F)F)[nH]c2c1)NCc1cc(F)cc(Cl)c1. The van der Waals surface area contributed by atoms with Crippen molar-refractivity contribution >= 4 is 40.1 Å². The lowest BCUT2D eigenvalue weighted by Crippen LogP contribution is -2.36. The molecule has 2 aromatic carbocycles. The summed E-state index contributed by atoms with van der Waals surface area (Å²) < 4.78 is 52.1. The number of imidazole rings is 1. The third-order valence-corrected chi connectivity index (χ3v) is 4.83. The zero-order chi connectivity index (χ0) is 24.2. The Kier molecular flexibility index (Phi) is 7.54. The van der Waals surface area contributed by atoms with Crippen LogP contribution in [-0.2, 0) is 22.3 Å². The number of aliphatic hydroxyl groups excluding tert-OH is 1. The molecular formula is C21H19ClF4N4O3. The Bertz CT molecular complexity index is 1150. The van der Waals surface area contributed by atoms with Crippen LogP contribution in [0, 0.1) is 5.82 Å². The number of rotatable bonds is 8. The van der Waals surface area contributed by atoms with Gasteiger partial charge in [0.1, 0.15) is 12.2 Å². The minimum Gasteiger partial charge on any atom is -0.396 e. The van der Waals surface area contributed by atoms with Gasteiger partial charge >= 0.3 is 6.18 Å². The van der Waals surface area contributed by atoms with Gasteiger partial charge in [0, 0.05) is 30.4 Å². The molecule has 3 rings (SSSR count). The maximum absolute atomic E-state index is 13.4. The van der Waals surface area contributed by atoms with E-state index in [9.17, 15) is 27.2 Å². The maximum Gasteiger partial charge on any atom is 0.449 e. The van der Waals surface area contributed by atoms with Gasteiger partial charge in [-0.2, -0.15) is 13.2 Å². The highest BCUT2D eigenvalue weighted by atomic mass is 35.5. The monoisotopic (exact) mass is 486 g/mol. The molecule has 0 fully saturated rings. The number of aromatic amines is 1. The van der Waals surface area contributed by atoms with Crippen LogP contribution in [-0.4, -0.2) is 40.0 Å². The van der Waals surface area contributed by atoms with E-state index in [-0.39, 0.29) is 47.9 Å². The second-order valence-corrected chi connectivity index (χ2v) is 7.57. The van der Waals surface area contributed by atoms with E-state index < -0.39 is 36.1 Å². The van der Waals surface area contributed by atoms with E-state index in [1.165, 1.54) is 35.2 Å². The molecular weight excluding hydrogens is 468 g/mol. The van der Waals surface area contributed by atoms with Crippen molar-refractivity contribution in [2.75, 3.05) is 18.1 Å². The Morgan fingerprint density at radius 2 is 1.94 bits per heavy atom. The molecule has 0 saturated carbocycles. The number of amides is 2. The Labute approximate surface area is 190 Å². The lowest BCUT2D eigenvalue weighted by Gasteiger charge is -2.22. The molecule has 1 aromatic heterocycles. The fourth-order valence-corrected chi connectivity index (χ4v) is 3.38. The number of alkyl halides is 3. The lowest BCUT2D eigenvalue weighted by molar-refractivity contribution is -0.144. The molecule has 2 amide bonds. The summed E-state index contributed by atoms with van der Waals surface area (Å²) in [6.07, 6.45) is -5.04. The summed E-state index contributed by atoms with van der Waals surface area (Å²) >= 11 is 5.77. The average molecular weight is 487 g/mol. The van der Waals surface area contributed by atoms with Gasteiger partial charge < -0.3 is 20.3 Å². The minimum atomic E-state index is -4.66. The molecule has 0 aliphatic heterocycles. The van der Waals surface area contributed by atoms with Crippen molar-refractivity contribution in [3.63, 3.8) is 0 Å². The van der Waals surface area contributed by atoms with Gasteiger partial charge in [-0.15, -0.1) is 0 Å².